The van der Waals surface area contributed by atoms with Crippen molar-refractivity contribution in [2.45, 2.75) is 13.8 Å². The summed E-state index contributed by atoms with van der Waals surface area (Å²) < 4.78 is 0. The molecule has 0 aromatic carbocycles. The topological polar surface area (TPSA) is 75.8 Å². The number of hydrogen-bond acceptors (Lipinski definition) is 4. The molecule has 0 aliphatic heterocycles. The van der Waals surface area contributed by atoms with E-state index in [0.717, 1.165) is 0 Å². The lowest BCUT2D eigenvalue weighted by Gasteiger charge is -2.19. The Labute approximate surface area is 115 Å². The third kappa shape index (κ3) is 10.7. The van der Waals surface area contributed by atoms with Gasteiger partial charge in [-0.3, -0.25) is 10.4 Å². The third-order valence-electron chi connectivity index (χ3n) is 1.72. The Morgan fingerprint density at radius 2 is 1.74 bits per heavy atom. The third-order valence-corrected chi connectivity index (χ3v) is 1.72. The van der Waals surface area contributed by atoms with Crippen LogP contribution < -0.4 is 0 Å². The lowest BCUT2D eigenvalue weighted by Crippen LogP contribution is -2.34. The standard InChI is InChI=1S/C6H6N2O.C5H13N3.C2H6/c9-8-5-6-3-1-2-4-7-6;1-7(2)5(6)8(3)4;1-2/h1-5,9H;6H,1-4H3;1-2H3/b8-5+;;. The molecule has 0 aliphatic rings. The lowest BCUT2D eigenvalue weighted by atomic mass is 10.4. The highest BCUT2D eigenvalue weighted by atomic mass is 16.4. The first-order valence-electron chi connectivity index (χ1n) is 6.00. The monoisotopic (exact) mass is 267 g/mol. The van der Waals surface area contributed by atoms with Crippen molar-refractivity contribution < 1.29 is 5.21 Å². The Morgan fingerprint density at radius 1 is 1.21 bits per heavy atom. The first kappa shape index (κ1) is 19.2. The Bertz CT molecular complexity index is 339. The van der Waals surface area contributed by atoms with Crippen LogP contribution in [0.2, 0.25) is 0 Å². The Balaban J connectivity index is 0. The molecular formula is C13H25N5O. The van der Waals surface area contributed by atoms with Gasteiger partial charge in [0.05, 0.1) is 11.9 Å². The number of aromatic nitrogens is 1. The summed E-state index contributed by atoms with van der Waals surface area (Å²) in [6, 6.07) is 5.37. The maximum Gasteiger partial charge on any atom is 0.192 e. The number of oxime groups is 1. The first-order valence-corrected chi connectivity index (χ1v) is 6.00. The van der Waals surface area contributed by atoms with E-state index in [1.807, 2.05) is 48.1 Å². The minimum absolute atomic E-state index is 0.519. The SMILES string of the molecule is CC.CN(C)C(=N)N(C)C.O/N=C/c1ccccn1. The number of rotatable bonds is 1. The van der Waals surface area contributed by atoms with Gasteiger partial charge in [-0.2, -0.15) is 0 Å². The van der Waals surface area contributed by atoms with Crippen molar-refractivity contribution in [1.29, 1.82) is 5.41 Å². The quantitative estimate of drug-likeness (QED) is 0.353. The average molecular weight is 267 g/mol. The molecule has 2 N–H and O–H groups in total. The first-order chi connectivity index (χ1) is 8.99. The summed E-state index contributed by atoms with van der Waals surface area (Å²) in [5.41, 5.74) is 0.653. The lowest BCUT2D eigenvalue weighted by molar-refractivity contribution is 0.321. The van der Waals surface area contributed by atoms with Crippen LogP contribution in [0, 0.1) is 5.41 Å². The van der Waals surface area contributed by atoms with Crippen LogP contribution in [0.5, 0.6) is 0 Å². The molecular weight excluding hydrogens is 242 g/mol. The Morgan fingerprint density at radius 3 is 2.00 bits per heavy atom. The molecule has 1 aromatic heterocycles. The van der Waals surface area contributed by atoms with Crippen LogP contribution in [-0.4, -0.2) is 60.4 Å². The molecule has 0 aliphatic carbocycles. The van der Waals surface area contributed by atoms with E-state index in [0.29, 0.717) is 11.7 Å². The minimum atomic E-state index is 0.519. The van der Waals surface area contributed by atoms with Crippen molar-refractivity contribution in [3.63, 3.8) is 0 Å². The summed E-state index contributed by atoms with van der Waals surface area (Å²) in [5.74, 6) is 0.519. The smallest absolute Gasteiger partial charge is 0.192 e. The highest BCUT2D eigenvalue weighted by molar-refractivity contribution is 5.76. The summed E-state index contributed by atoms with van der Waals surface area (Å²) in [5, 5.41) is 18.1. The molecule has 108 valence electrons. The van der Waals surface area contributed by atoms with Gasteiger partial charge in [0.25, 0.3) is 0 Å². The van der Waals surface area contributed by atoms with Crippen LogP contribution in [-0.2, 0) is 0 Å². The van der Waals surface area contributed by atoms with E-state index in [-0.39, 0.29) is 0 Å². The van der Waals surface area contributed by atoms with Crippen LogP contribution in [0.15, 0.2) is 29.6 Å². The summed E-state index contributed by atoms with van der Waals surface area (Å²) in [6.45, 7) is 4.00. The van der Waals surface area contributed by atoms with Gasteiger partial charge in [-0.15, -0.1) is 0 Å². The van der Waals surface area contributed by atoms with Gasteiger partial charge in [0.1, 0.15) is 0 Å². The molecule has 0 spiro atoms. The van der Waals surface area contributed by atoms with E-state index in [2.05, 4.69) is 10.1 Å². The molecule has 0 fully saturated rings. The molecule has 0 atom stereocenters. The zero-order chi connectivity index (χ0) is 15.3. The van der Waals surface area contributed by atoms with E-state index < -0.39 is 0 Å². The molecule has 0 unspecified atom stereocenters. The van der Waals surface area contributed by atoms with Gasteiger partial charge in [0.15, 0.2) is 5.96 Å². The van der Waals surface area contributed by atoms with E-state index in [1.54, 1.807) is 28.1 Å². The maximum absolute atomic E-state index is 8.05. The molecule has 1 heterocycles. The second-order valence-electron chi connectivity index (χ2n) is 3.61. The molecule has 0 radical (unpaired) electrons. The van der Waals surface area contributed by atoms with E-state index >= 15 is 0 Å². The van der Waals surface area contributed by atoms with Crippen LogP contribution >= 0.6 is 0 Å². The minimum Gasteiger partial charge on any atom is -0.411 e. The molecule has 0 amide bonds. The van der Waals surface area contributed by atoms with Crippen molar-refractivity contribution in [1.82, 2.24) is 14.8 Å². The van der Waals surface area contributed by atoms with Gasteiger partial charge in [0, 0.05) is 34.4 Å². The summed E-state index contributed by atoms with van der Waals surface area (Å²) >= 11 is 0. The van der Waals surface area contributed by atoms with Crippen LogP contribution in [0.1, 0.15) is 19.5 Å². The fourth-order valence-electron chi connectivity index (χ4n) is 0.911. The van der Waals surface area contributed by atoms with Crippen molar-refractivity contribution in [3.8, 4) is 0 Å². The highest BCUT2D eigenvalue weighted by Crippen LogP contribution is 1.86. The van der Waals surface area contributed by atoms with Gasteiger partial charge in [-0.1, -0.05) is 25.1 Å². The number of hydrogen-bond donors (Lipinski definition) is 2. The number of nitrogens with zero attached hydrogens (tertiary/aromatic N) is 4. The van der Waals surface area contributed by atoms with Crippen LogP contribution in [0.25, 0.3) is 0 Å². The second-order valence-corrected chi connectivity index (χ2v) is 3.61. The van der Waals surface area contributed by atoms with E-state index in [4.69, 9.17) is 10.6 Å². The van der Waals surface area contributed by atoms with Gasteiger partial charge in [-0.25, -0.2) is 0 Å². The fraction of sp³-hybridized carbons (Fsp3) is 0.462. The molecule has 1 aromatic rings. The van der Waals surface area contributed by atoms with Crippen LogP contribution in [0.3, 0.4) is 0 Å². The summed E-state index contributed by atoms with van der Waals surface area (Å²) in [7, 11) is 7.40. The van der Waals surface area contributed by atoms with Gasteiger partial charge in [-0.05, 0) is 12.1 Å². The van der Waals surface area contributed by atoms with Crippen molar-refractivity contribution >= 4 is 12.2 Å². The molecule has 0 saturated heterocycles. The predicted molar refractivity (Wildman–Crippen MR) is 80.1 cm³/mol. The van der Waals surface area contributed by atoms with Crippen molar-refractivity contribution in [2.24, 2.45) is 5.16 Å². The fourth-order valence-corrected chi connectivity index (χ4v) is 0.911. The van der Waals surface area contributed by atoms with Gasteiger partial charge in [0.2, 0.25) is 0 Å². The largest absolute Gasteiger partial charge is 0.411 e. The number of nitrogens with one attached hydrogen (secondary N) is 1. The summed E-state index contributed by atoms with van der Waals surface area (Å²) in [4.78, 5) is 7.36. The predicted octanol–water partition coefficient (Wildman–Crippen LogP) is 1.96. The second kappa shape index (κ2) is 12.3. The highest BCUT2D eigenvalue weighted by Gasteiger charge is 1.97. The van der Waals surface area contributed by atoms with E-state index in [9.17, 15) is 0 Å². The Hall–Kier alpha value is -2.11. The molecule has 0 bridgehead atoms. The summed E-state index contributed by atoms with van der Waals surface area (Å²) in [6.07, 6.45) is 2.91. The molecule has 6 nitrogen and oxygen atoms in total. The van der Waals surface area contributed by atoms with Gasteiger partial charge >= 0.3 is 0 Å². The van der Waals surface area contributed by atoms with Crippen molar-refractivity contribution in [2.75, 3.05) is 28.2 Å². The van der Waals surface area contributed by atoms with E-state index in [1.165, 1.54) is 6.21 Å². The zero-order valence-electron chi connectivity index (χ0n) is 12.6. The molecule has 6 heteroatoms. The Kier molecular flexibility index (Phi) is 12.5. The maximum atomic E-state index is 8.05. The van der Waals surface area contributed by atoms with Crippen LogP contribution in [0.4, 0.5) is 0 Å². The van der Waals surface area contributed by atoms with Crippen molar-refractivity contribution in [3.05, 3.63) is 30.1 Å². The molecule has 19 heavy (non-hydrogen) atoms. The number of guanidine groups is 1. The molecule has 0 saturated carbocycles. The molecule has 1 rings (SSSR count). The average Bonchev–Trinajstić information content (AvgIpc) is 2.42. The normalized spacial score (nSPS) is 8.74. The van der Waals surface area contributed by atoms with Gasteiger partial charge < -0.3 is 15.0 Å². The zero-order valence-corrected chi connectivity index (χ0v) is 12.6. The number of pyridine rings is 1.